The lowest BCUT2D eigenvalue weighted by atomic mass is 9.93. The van der Waals surface area contributed by atoms with Crippen LogP contribution in [0.3, 0.4) is 0 Å². The highest BCUT2D eigenvalue weighted by Crippen LogP contribution is 2.21. The van der Waals surface area contributed by atoms with Crippen molar-refractivity contribution in [1.29, 1.82) is 0 Å². The number of anilines is 1. The van der Waals surface area contributed by atoms with E-state index in [0.717, 1.165) is 56.5 Å². The maximum atomic E-state index is 12.5. The monoisotopic (exact) mass is 345 g/mol. The minimum atomic E-state index is 0.314. The van der Waals surface area contributed by atoms with Crippen LogP contribution in [-0.2, 0) is 4.79 Å². The summed E-state index contributed by atoms with van der Waals surface area (Å²) < 4.78 is 0. The van der Waals surface area contributed by atoms with E-state index < -0.39 is 0 Å². The number of hydrogen-bond donors (Lipinski definition) is 0. The maximum Gasteiger partial charge on any atom is 0.225 e. The molecule has 1 aromatic rings. The molecule has 0 aliphatic carbocycles. The molecule has 0 unspecified atom stereocenters. The zero-order valence-electron chi connectivity index (χ0n) is 15.9. The van der Waals surface area contributed by atoms with Crippen molar-refractivity contribution in [3.63, 3.8) is 0 Å². The molecule has 2 saturated heterocycles. The zero-order chi connectivity index (χ0) is 17.8. The van der Waals surface area contributed by atoms with E-state index in [1.54, 1.807) is 0 Å². The van der Waals surface area contributed by atoms with Crippen molar-refractivity contribution >= 4 is 11.9 Å². The number of nitrogens with zero attached hydrogens (tertiary/aromatic N) is 5. The van der Waals surface area contributed by atoms with Gasteiger partial charge in [-0.3, -0.25) is 4.79 Å². The molecule has 0 spiro atoms. The Kier molecular flexibility index (Phi) is 5.89. The van der Waals surface area contributed by atoms with Gasteiger partial charge in [0.2, 0.25) is 11.9 Å². The lowest BCUT2D eigenvalue weighted by molar-refractivity contribution is -0.131. The van der Waals surface area contributed by atoms with Crippen LogP contribution in [0.2, 0.25) is 0 Å². The van der Waals surface area contributed by atoms with Gasteiger partial charge < -0.3 is 14.7 Å². The van der Waals surface area contributed by atoms with Crippen LogP contribution >= 0.6 is 0 Å². The first-order valence-corrected chi connectivity index (χ1v) is 9.55. The maximum absolute atomic E-state index is 12.5. The Balaban J connectivity index is 1.46. The van der Waals surface area contributed by atoms with Gasteiger partial charge in [-0.2, -0.15) is 0 Å². The van der Waals surface area contributed by atoms with E-state index in [2.05, 4.69) is 26.8 Å². The molecule has 1 amide bonds. The quantitative estimate of drug-likeness (QED) is 0.834. The molecule has 0 bridgehead atoms. The fourth-order valence-electron chi connectivity index (χ4n) is 4.00. The van der Waals surface area contributed by atoms with Gasteiger partial charge in [-0.1, -0.05) is 0 Å². The summed E-state index contributed by atoms with van der Waals surface area (Å²) in [5, 5.41) is 0. The van der Waals surface area contributed by atoms with E-state index in [1.165, 1.54) is 19.4 Å². The molecule has 2 aliphatic heterocycles. The van der Waals surface area contributed by atoms with Crippen molar-refractivity contribution in [2.24, 2.45) is 5.92 Å². The van der Waals surface area contributed by atoms with Crippen LogP contribution in [0.4, 0.5) is 5.95 Å². The number of likely N-dealkylation sites (tertiary alicyclic amines) is 1. The number of hydrogen-bond acceptors (Lipinski definition) is 5. The van der Waals surface area contributed by atoms with E-state index in [0.29, 0.717) is 18.2 Å². The third-order valence-corrected chi connectivity index (χ3v) is 5.37. The Morgan fingerprint density at radius 2 is 1.80 bits per heavy atom. The summed E-state index contributed by atoms with van der Waals surface area (Å²) in [5.74, 6) is 1.80. The molecule has 1 atom stereocenters. The van der Waals surface area contributed by atoms with E-state index in [4.69, 9.17) is 0 Å². The molecule has 138 valence electrons. The van der Waals surface area contributed by atoms with Crippen LogP contribution in [0.5, 0.6) is 0 Å². The first-order chi connectivity index (χ1) is 12.0. The van der Waals surface area contributed by atoms with Gasteiger partial charge in [-0.05, 0) is 58.7 Å². The molecule has 2 aliphatic rings. The highest BCUT2D eigenvalue weighted by molar-refractivity contribution is 5.76. The average molecular weight is 345 g/mol. The average Bonchev–Trinajstić information content (AvgIpc) is 2.59. The first-order valence-electron chi connectivity index (χ1n) is 9.55. The molecular weight excluding hydrogens is 314 g/mol. The van der Waals surface area contributed by atoms with E-state index >= 15 is 0 Å². The van der Waals surface area contributed by atoms with Crippen LogP contribution in [0.1, 0.15) is 37.1 Å². The van der Waals surface area contributed by atoms with Crippen LogP contribution in [0.15, 0.2) is 6.07 Å². The van der Waals surface area contributed by atoms with Gasteiger partial charge in [0.15, 0.2) is 0 Å². The van der Waals surface area contributed by atoms with Gasteiger partial charge in [0.25, 0.3) is 0 Å². The molecular formula is C19H31N5O. The Labute approximate surface area is 151 Å². The number of carbonyl (C=O) groups is 1. The van der Waals surface area contributed by atoms with Gasteiger partial charge in [-0.25, -0.2) is 9.97 Å². The van der Waals surface area contributed by atoms with Crippen LogP contribution < -0.4 is 4.90 Å². The number of aromatic nitrogens is 2. The molecule has 0 aromatic carbocycles. The molecule has 6 nitrogen and oxygen atoms in total. The molecule has 25 heavy (non-hydrogen) atoms. The molecule has 6 heteroatoms. The summed E-state index contributed by atoms with van der Waals surface area (Å²) in [6.45, 7) is 9.54. The summed E-state index contributed by atoms with van der Waals surface area (Å²) in [6, 6.07) is 1.99. The van der Waals surface area contributed by atoms with Crippen LogP contribution in [0, 0.1) is 19.8 Å². The number of aryl methyl sites for hydroxylation is 2. The van der Waals surface area contributed by atoms with Gasteiger partial charge in [0, 0.05) is 50.5 Å². The molecule has 0 N–H and O–H groups in total. The number of rotatable bonds is 4. The smallest absolute Gasteiger partial charge is 0.225 e. The van der Waals surface area contributed by atoms with E-state index in [1.807, 2.05) is 24.8 Å². The van der Waals surface area contributed by atoms with Crippen molar-refractivity contribution in [2.75, 3.05) is 51.2 Å². The molecule has 2 fully saturated rings. The number of piperidine rings is 1. The van der Waals surface area contributed by atoms with Crippen LogP contribution in [0.25, 0.3) is 0 Å². The molecule has 3 heterocycles. The third-order valence-electron chi connectivity index (χ3n) is 5.37. The summed E-state index contributed by atoms with van der Waals surface area (Å²) in [7, 11) is 2.18. The predicted molar refractivity (Wildman–Crippen MR) is 99.8 cm³/mol. The van der Waals surface area contributed by atoms with E-state index in [9.17, 15) is 4.79 Å². The zero-order valence-corrected chi connectivity index (χ0v) is 15.9. The largest absolute Gasteiger partial charge is 0.339 e. The van der Waals surface area contributed by atoms with E-state index in [-0.39, 0.29) is 0 Å². The highest BCUT2D eigenvalue weighted by Gasteiger charge is 2.24. The summed E-state index contributed by atoms with van der Waals surface area (Å²) in [6.07, 6.45) is 4.27. The van der Waals surface area contributed by atoms with Crippen molar-refractivity contribution in [3.05, 3.63) is 17.5 Å². The molecule has 0 radical (unpaired) electrons. The van der Waals surface area contributed by atoms with Gasteiger partial charge in [0.05, 0.1) is 0 Å². The van der Waals surface area contributed by atoms with Crippen molar-refractivity contribution in [1.82, 2.24) is 19.8 Å². The molecule has 1 aromatic heterocycles. The lowest BCUT2D eigenvalue weighted by Crippen LogP contribution is -2.49. The number of piperazine rings is 1. The Morgan fingerprint density at radius 3 is 2.44 bits per heavy atom. The van der Waals surface area contributed by atoms with Gasteiger partial charge in [-0.15, -0.1) is 0 Å². The highest BCUT2D eigenvalue weighted by atomic mass is 16.2. The first kappa shape index (κ1) is 18.1. The van der Waals surface area contributed by atoms with Gasteiger partial charge in [0.1, 0.15) is 0 Å². The summed E-state index contributed by atoms with van der Waals surface area (Å²) in [4.78, 5) is 28.2. The topological polar surface area (TPSA) is 52.6 Å². The fourth-order valence-corrected chi connectivity index (χ4v) is 4.00. The normalized spacial score (nSPS) is 22.3. The lowest BCUT2D eigenvalue weighted by Gasteiger charge is -2.35. The number of amides is 1. The SMILES string of the molecule is Cc1cc(C)nc(N2CCN(C(=O)CC[C@H]3CCCN(C)C3)CC2)n1. The summed E-state index contributed by atoms with van der Waals surface area (Å²) >= 11 is 0. The van der Waals surface area contributed by atoms with Crippen molar-refractivity contribution < 1.29 is 4.79 Å². The minimum Gasteiger partial charge on any atom is -0.339 e. The van der Waals surface area contributed by atoms with Crippen LogP contribution in [-0.4, -0.2) is 72.0 Å². The van der Waals surface area contributed by atoms with Gasteiger partial charge >= 0.3 is 0 Å². The molecule has 3 rings (SSSR count). The second kappa shape index (κ2) is 8.13. The Morgan fingerprint density at radius 1 is 1.12 bits per heavy atom. The molecule has 0 saturated carbocycles. The fraction of sp³-hybridized carbons (Fsp3) is 0.737. The second-order valence-corrected chi connectivity index (χ2v) is 7.63. The standard InChI is InChI=1S/C19H31N5O/c1-15-13-16(2)21-19(20-15)24-11-9-23(10-12-24)18(25)7-6-17-5-4-8-22(3)14-17/h13,17H,4-12,14H2,1-3H3/t17-/m1/s1. The Hall–Kier alpha value is -1.69. The predicted octanol–water partition coefficient (Wildman–Crippen LogP) is 1.86. The van der Waals surface area contributed by atoms with Crippen molar-refractivity contribution in [2.45, 2.75) is 39.5 Å². The number of carbonyl (C=O) groups excluding carboxylic acids is 1. The summed E-state index contributed by atoms with van der Waals surface area (Å²) in [5.41, 5.74) is 2.00. The Bertz CT molecular complexity index is 577. The third kappa shape index (κ3) is 4.91. The van der Waals surface area contributed by atoms with Crippen molar-refractivity contribution in [3.8, 4) is 0 Å². The second-order valence-electron chi connectivity index (χ2n) is 7.63. The minimum absolute atomic E-state index is 0.314.